The zero-order valence-electron chi connectivity index (χ0n) is 19.2. The highest BCUT2D eigenvalue weighted by molar-refractivity contribution is 7.67. The monoisotopic (exact) mass is 486 g/mol. The first kappa shape index (κ1) is 23.6. The predicted octanol–water partition coefficient (Wildman–Crippen LogP) is 8.63. The van der Waals surface area contributed by atoms with E-state index in [0.29, 0.717) is 5.56 Å². The van der Waals surface area contributed by atoms with E-state index in [1.807, 2.05) is 24.3 Å². The molecule has 1 saturated heterocycles. The number of rotatable bonds is 4. The average molecular weight is 487 g/mol. The second-order valence-corrected chi connectivity index (χ2v) is 11.3. The predicted molar refractivity (Wildman–Crippen MR) is 140 cm³/mol. The maximum absolute atomic E-state index is 13.5. The Bertz CT molecular complexity index is 1260. The van der Waals surface area contributed by atoms with Crippen LogP contribution in [-0.4, -0.2) is 6.16 Å². The fourth-order valence-electron chi connectivity index (χ4n) is 5.27. The summed E-state index contributed by atoms with van der Waals surface area (Å²) in [5.41, 5.74) is 3.54. The number of hydrogen-bond donors (Lipinski definition) is 0. The molecule has 0 radical (unpaired) electrons. The van der Waals surface area contributed by atoms with E-state index in [1.165, 1.54) is 34.1 Å². The molecule has 176 valence electrons. The van der Waals surface area contributed by atoms with Crippen molar-refractivity contribution in [3.05, 3.63) is 143 Å². The van der Waals surface area contributed by atoms with Crippen molar-refractivity contribution in [1.29, 1.82) is 0 Å². The molecular formula is C31H26F3P. The van der Waals surface area contributed by atoms with Gasteiger partial charge in [0.05, 0.1) is 10.7 Å². The summed E-state index contributed by atoms with van der Waals surface area (Å²) in [5, 5.41) is 0.885. The second kappa shape index (κ2) is 9.84. The van der Waals surface area contributed by atoms with Crippen LogP contribution in [0.2, 0.25) is 0 Å². The third-order valence-corrected chi connectivity index (χ3v) is 10.0. The molecule has 0 N–H and O–H groups in total. The first-order chi connectivity index (χ1) is 17.0. The number of allylic oxidation sites excluding steroid dienone is 1. The second-order valence-electron chi connectivity index (χ2n) is 8.83. The van der Waals surface area contributed by atoms with Crippen molar-refractivity contribution in [2.24, 2.45) is 0 Å². The van der Waals surface area contributed by atoms with Crippen molar-refractivity contribution in [2.75, 3.05) is 6.16 Å². The summed E-state index contributed by atoms with van der Waals surface area (Å²) < 4.78 is 40.5. The van der Waals surface area contributed by atoms with Gasteiger partial charge in [-0.2, -0.15) is 13.2 Å². The average Bonchev–Trinajstić information content (AvgIpc) is 2.90. The van der Waals surface area contributed by atoms with Gasteiger partial charge in [0.15, 0.2) is 0 Å². The van der Waals surface area contributed by atoms with Gasteiger partial charge in [0, 0.05) is 0 Å². The SMILES string of the molecule is FC(F)(F)c1cccc(C=C2CCCP(c3ccccc3)C2(c2ccccc2)c2ccccc2)c1. The van der Waals surface area contributed by atoms with Crippen molar-refractivity contribution < 1.29 is 13.2 Å². The van der Waals surface area contributed by atoms with E-state index < -0.39 is 24.8 Å². The van der Waals surface area contributed by atoms with Gasteiger partial charge in [0.25, 0.3) is 0 Å². The highest BCUT2D eigenvalue weighted by Crippen LogP contribution is 2.66. The molecule has 1 fully saturated rings. The normalized spacial score (nSPS) is 18.9. The Balaban J connectivity index is 1.80. The standard InChI is InChI=1S/C31H26F3P/c32-31(33,34)28-17-10-12-24(23-28)22-27-18-11-21-35(29-19-8-3-9-20-29)30(27,25-13-4-1-5-14-25)26-15-6-2-7-16-26/h1-10,12-17,19-20,22-23H,11,18,21H2. The van der Waals surface area contributed by atoms with Crippen molar-refractivity contribution >= 4 is 19.3 Å². The third kappa shape index (κ3) is 4.58. The molecule has 0 bridgehead atoms. The molecule has 4 heteroatoms. The summed E-state index contributed by atoms with van der Waals surface area (Å²) in [7, 11) is -0.723. The molecular weight excluding hydrogens is 460 g/mol. The van der Waals surface area contributed by atoms with Crippen LogP contribution in [0.15, 0.2) is 121 Å². The molecule has 1 aliphatic rings. The number of benzene rings is 4. The van der Waals surface area contributed by atoms with Gasteiger partial charge in [-0.3, -0.25) is 0 Å². The quantitative estimate of drug-likeness (QED) is 0.253. The minimum Gasteiger partial charge on any atom is -0.166 e. The summed E-state index contributed by atoms with van der Waals surface area (Å²) in [6, 6.07) is 37.3. The molecule has 0 amide bonds. The van der Waals surface area contributed by atoms with Crippen LogP contribution in [-0.2, 0) is 11.3 Å². The zero-order valence-corrected chi connectivity index (χ0v) is 20.1. The highest BCUT2D eigenvalue weighted by Gasteiger charge is 2.47. The van der Waals surface area contributed by atoms with E-state index in [9.17, 15) is 13.2 Å². The largest absolute Gasteiger partial charge is 0.416 e. The molecule has 4 aromatic carbocycles. The van der Waals surface area contributed by atoms with Gasteiger partial charge >= 0.3 is 6.18 Å². The van der Waals surface area contributed by atoms with Crippen LogP contribution < -0.4 is 5.30 Å². The van der Waals surface area contributed by atoms with Gasteiger partial charge < -0.3 is 0 Å². The first-order valence-electron chi connectivity index (χ1n) is 11.8. The molecule has 35 heavy (non-hydrogen) atoms. The van der Waals surface area contributed by atoms with Crippen molar-refractivity contribution in [3.8, 4) is 0 Å². The number of hydrogen-bond acceptors (Lipinski definition) is 0. The van der Waals surface area contributed by atoms with Crippen LogP contribution in [0.4, 0.5) is 13.2 Å². The van der Waals surface area contributed by atoms with Gasteiger partial charge in [0.1, 0.15) is 0 Å². The van der Waals surface area contributed by atoms with Gasteiger partial charge in [-0.15, -0.1) is 0 Å². The van der Waals surface area contributed by atoms with E-state index in [4.69, 9.17) is 0 Å². The Morgan fingerprint density at radius 1 is 0.686 bits per heavy atom. The minimum atomic E-state index is -4.37. The van der Waals surface area contributed by atoms with E-state index in [-0.39, 0.29) is 0 Å². The maximum Gasteiger partial charge on any atom is 0.416 e. The van der Waals surface area contributed by atoms with Gasteiger partial charge in [-0.25, -0.2) is 0 Å². The van der Waals surface area contributed by atoms with Gasteiger partial charge in [0.2, 0.25) is 0 Å². The van der Waals surface area contributed by atoms with Crippen LogP contribution in [0.5, 0.6) is 0 Å². The van der Waals surface area contributed by atoms with E-state index in [2.05, 4.69) is 72.8 Å². The van der Waals surface area contributed by atoms with Crippen molar-refractivity contribution in [1.82, 2.24) is 0 Å². The summed E-state index contributed by atoms with van der Waals surface area (Å²) in [6.07, 6.45) is 0.557. The number of alkyl halides is 3. The van der Waals surface area contributed by atoms with E-state index in [0.717, 1.165) is 25.1 Å². The fourth-order valence-corrected chi connectivity index (χ4v) is 8.70. The summed E-state index contributed by atoms with van der Waals surface area (Å²) in [5.74, 6) is 0. The number of halogens is 3. The molecule has 5 rings (SSSR count). The lowest BCUT2D eigenvalue weighted by atomic mass is 9.80. The van der Waals surface area contributed by atoms with Crippen LogP contribution in [0.1, 0.15) is 35.1 Å². The minimum absolute atomic E-state index is 0.425. The smallest absolute Gasteiger partial charge is 0.166 e. The lowest BCUT2D eigenvalue weighted by Gasteiger charge is -2.48. The molecule has 1 heterocycles. The molecule has 1 unspecified atom stereocenters. The molecule has 4 aromatic rings. The van der Waals surface area contributed by atoms with Gasteiger partial charge in [-0.1, -0.05) is 123 Å². The molecule has 0 nitrogen and oxygen atoms in total. The van der Waals surface area contributed by atoms with E-state index >= 15 is 0 Å². The first-order valence-corrected chi connectivity index (χ1v) is 13.3. The zero-order chi connectivity index (χ0) is 24.3. The Labute approximate surface area is 205 Å². The van der Waals surface area contributed by atoms with Crippen LogP contribution >= 0.6 is 7.92 Å². The Morgan fingerprint density at radius 2 is 1.26 bits per heavy atom. The van der Waals surface area contributed by atoms with Crippen LogP contribution in [0.25, 0.3) is 6.08 Å². The van der Waals surface area contributed by atoms with Crippen molar-refractivity contribution in [3.63, 3.8) is 0 Å². The third-order valence-electron chi connectivity index (χ3n) is 6.70. The lowest BCUT2D eigenvalue weighted by molar-refractivity contribution is -0.137. The Morgan fingerprint density at radius 3 is 1.83 bits per heavy atom. The Kier molecular flexibility index (Phi) is 6.62. The van der Waals surface area contributed by atoms with Crippen LogP contribution in [0.3, 0.4) is 0 Å². The Hall–Kier alpha value is -3.16. The highest BCUT2D eigenvalue weighted by atomic mass is 31.1. The summed E-state index contributed by atoms with van der Waals surface area (Å²) in [4.78, 5) is 0. The van der Waals surface area contributed by atoms with E-state index in [1.54, 1.807) is 6.07 Å². The maximum atomic E-state index is 13.5. The molecule has 0 spiro atoms. The molecule has 0 aliphatic carbocycles. The van der Waals surface area contributed by atoms with Gasteiger partial charge in [-0.05, 0) is 53.1 Å². The summed E-state index contributed by atoms with van der Waals surface area (Å²) >= 11 is 0. The summed E-state index contributed by atoms with van der Waals surface area (Å²) in [6.45, 7) is 0. The fraction of sp³-hybridized carbons (Fsp3) is 0.161. The molecule has 0 aromatic heterocycles. The lowest BCUT2D eigenvalue weighted by Crippen LogP contribution is -2.36. The van der Waals surface area contributed by atoms with Crippen LogP contribution in [0, 0.1) is 0 Å². The molecule has 0 saturated carbocycles. The molecule has 1 atom stereocenters. The molecule has 1 aliphatic heterocycles. The van der Waals surface area contributed by atoms with Crippen molar-refractivity contribution in [2.45, 2.75) is 24.2 Å². The topological polar surface area (TPSA) is 0 Å².